The predicted octanol–water partition coefficient (Wildman–Crippen LogP) is 3.67. The van der Waals surface area contributed by atoms with Crippen LogP contribution in [-0.2, 0) is 0 Å². The maximum Gasteiger partial charge on any atom is 0.275 e. The van der Waals surface area contributed by atoms with Gasteiger partial charge in [0.25, 0.3) is 5.91 Å². The first-order chi connectivity index (χ1) is 11.5. The zero-order chi connectivity index (χ0) is 17.1. The summed E-state index contributed by atoms with van der Waals surface area (Å²) >= 11 is 5.80. The number of carbonyl (C=O) groups excluding carboxylic acids is 1. The third-order valence-electron chi connectivity index (χ3n) is 3.46. The second-order valence-electron chi connectivity index (χ2n) is 5.13. The van der Waals surface area contributed by atoms with E-state index in [9.17, 15) is 15.0 Å². The highest BCUT2D eigenvalue weighted by Gasteiger charge is 2.11. The Morgan fingerprint density at radius 3 is 2.42 bits per heavy atom. The van der Waals surface area contributed by atoms with E-state index in [4.69, 9.17) is 11.6 Å². The summed E-state index contributed by atoms with van der Waals surface area (Å²) in [6.45, 7) is 0. The van der Waals surface area contributed by atoms with Crippen molar-refractivity contribution in [3.8, 4) is 11.5 Å². The zero-order valence-electron chi connectivity index (χ0n) is 12.4. The quantitative estimate of drug-likeness (QED) is 0.502. The van der Waals surface area contributed by atoms with Crippen LogP contribution in [0, 0.1) is 0 Å². The fourth-order valence-electron chi connectivity index (χ4n) is 2.24. The first-order valence-electron chi connectivity index (χ1n) is 7.08. The second-order valence-corrected chi connectivity index (χ2v) is 5.53. The van der Waals surface area contributed by atoms with E-state index in [0.717, 1.165) is 10.8 Å². The van der Waals surface area contributed by atoms with Crippen molar-refractivity contribution in [3.05, 3.63) is 70.7 Å². The number of amides is 1. The number of nitrogens with one attached hydrogen (secondary N) is 1. The molecule has 1 amide bonds. The summed E-state index contributed by atoms with van der Waals surface area (Å²) in [5.74, 6) is -0.674. The van der Waals surface area contributed by atoms with Gasteiger partial charge in [0.05, 0.1) is 16.8 Å². The summed E-state index contributed by atoms with van der Waals surface area (Å²) in [5.41, 5.74) is 3.10. The van der Waals surface area contributed by atoms with Gasteiger partial charge in [-0.05, 0) is 46.7 Å². The number of fused-ring (bicyclic) bond motifs is 1. The van der Waals surface area contributed by atoms with Gasteiger partial charge in [-0.1, -0.05) is 35.9 Å². The molecular weight excluding hydrogens is 328 g/mol. The molecule has 24 heavy (non-hydrogen) atoms. The van der Waals surface area contributed by atoms with Crippen molar-refractivity contribution in [2.24, 2.45) is 5.10 Å². The van der Waals surface area contributed by atoms with Gasteiger partial charge >= 0.3 is 0 Å². The van der Waals surface area contributed by atoms with Crippen LogP contribution in [0.25, 0.3) is 10.8 Å². The van der Waals surface area contributed by atoms with Gasteiger partial charge in [0.15, 0.2) is 0 Å². The van der Waals surface area contributed by atoms with E-state index in [2.05, 4.69) is 10.5 Å². The Kier molecular flexibility index (Phi) is 4.35. The fraction of sp³-hybridized carbons (Fsp3) is 0. The zero-order valence-corrected chi connectivity index (χ0v) is 13.2. The lowest BCUT2D eigenvalue weighted by Crippen LogP contribution is -2.17. The van der Waals surface area contributed by atoms with Gasteiger partial charge in [-0.25, -0.2) is 5.43 Å². The number of phenolic OH excluding ortho intramolecular Hbond substituents is 2. The molecule has 0 radical (unpaired) electrons. The van der Waals surface area contributed by atoms with E-state index < -0.39 is 5.91 Å². The third-order valence-corrected chi connectivity index (χ3v) is 3.76. The number of halogens is 1. The molecule has 0 atom stereocenters. The van der Waals surface area contributed by atoms with Crippen LogP contribution in [-0.4, -0.2) is 22.3 Å². The number of rotatable bonds is 3. The molecule has 5 nitrogen and oxygen atoms in total. The number of carbonyl (C=O) groups is 1. The lowest BCUT2D eigenvalue weighted by atomic mass is 10.1. The number of nitrogens with zero attached hydrogens (tertiary/aromatic N) is 1. The average Bonchev–Trinajstić information content (AvgIpc) is 2.57. The maximum absolute atomic E-state index is 12.2. The molecule has 3 rings (SSSR count). The first kappa shape index (κ1) is 15.8. The van der Waals surface area contributed by atoms with Crippen LogP contribution in [0.4, 0.5) is 0 Å². The van der Waals surface area contributed by atoms with Gasteiger partial charge < -0.3 is 10.2 Å². The molecule has 3 aromatic carbocycles. The van der Waals surface area contributed by atoms with Gasteiger partial charge in [0.1, 0.15) is 11.5 Å². The van der Waals surface area contributed by atoms with Crippen LogP contribution in [0.2, 0.25) is 5.02 Å². The van der Waals surface area contributed by atoms with Crippen molar-refractivity contribution >= 4 is 34.5 Å². The Hall–Kier alpha value is -3.05. The van der Waals surface area contributed by atoms with Crippen LogP contribution in [0.5, 0.6) is 11.5 Å². The Labute approximate surface area is 142 Å². The Bertz CT molecular complexity index is 954. The van der Waals surface area contributed by atoms with Crippen molar-refractivity contribution in [1.82, 2.24) is 5.43 Å². The summed E-state index contributed by atoms with van der Waals surface area (Å²) in [5, 5.41) is 25.1. The lowest BCUT2D eigenvalue weighted by Gasteiger charge is -2.05. The standard InChI is InChI=1S/C18H13ClN2O3/c19-15-7-11(5-6-16(15)22)10-20-21-18(24)14-8-12-3-1-2-4-13(12)9-17(14)23/h1-10,22-23H,(H,21,24)/b20-10+. The molecular formula is C18H13ClN2O3. The molecule has 0 unspecified atom stereocenters. The van der Waals surface area contributed by atoms with E-state index in [1.807, 2.05) is 24.3 Å². The molecule has 0 saturated carbocycles. The molecule has 0 fully saturated rings. The number of hydrazone groups is 1. The summed E-state index contributed by atoms with van der Waals surface area (Å²) < 4.78 is 0. The molecule has 0 aliphatic rings. The molecule has 0 saturated heterocycles. The molecule has 0 heterocycles. The molecule has 3 N–H and O–H groups in total. The topological polar surface area (TPSA) is 81.9 Å². The smallest absolute Gasteiger partial charge is 0.275 e. The second kappa shape index (κ2) is 6.60. The van der Waals surface area contributed by atoms with Gasteiger partial charge in [0.2, 0.25) is 0 Å². The Balaban J connectivity index is 1.78. The Morgan fingerprint density at radius 2 is 1.71 bits per heavy atom. The average molecular weight is 341 g/mol. The molecule has 0 spiro atoms. The van der Waals surface area contributed by atoms with Crippen molar-refractivity contribution in [2.45, 2.75) is 0 Å². The van der Waals surface area contributed by atoms with Crippen LogP contribution in [0.15, 0.2) is 59.7 Å². The van der Waals surface area contributed by atoms with Crippen molar-refractivity contribution in [1.29, 1.82) is 0 Å². The highest BCUT2D eigenvalue weighted by Crippen LogP contribution is 2.25. The van der Waals surface area contributed by atoms with E-state index in [1.54, 1.807) is 12.1 Å². The number of phenols is 2. The molecule has 6 heteroatoms. The molecule has 0 bridgehead atoms. The summed E-state index contributed by atoms with van der Waals surface area (Å²) in [6, 6.07) is 15.1. The number of hydrogen-bond donors (Lipinski definition) is 3. The predicted molar refractivity (Wildman–Crippen MR) is 93.8 cm³/mol. The first-order valence-corrected chi connectivity index (χ1v) is 7.46. The minimum Gasteiger partial charge on any atom is -0.507 e. The van der Waals surface area contributed by atoms with Gasteiger partial charge in [-0.15, -0.1) is 0 Å². The third kappa shape index (κ3) is 3.31. The van der Waals surface area contributed by atoms with E-state index in [-0.39, 0.29) is 22.1 Å². The van der Waals surface area contributed by atoms with Crippen LogP contribution in [0.3, 0.4) is 0 Å². The summed E-state index contributed by atoms with van der Waals surface area (Å²) in [7, 11) is 0. The van der Waals surface area contributed by atoms with Crippen LogP contribution < -0.4 is 5.43 Å². The van der Waals surface area contributed by atoms with Gasteiger partial charge in [0, 0.05) is 0 Å². The maximum atomic E-state index is 12.2. The monoisotopic (exact) mass is 340 g/mol. The Morgan fingerprint density at radius 1 is 1.00 bits per heavy atom. The lowest BCUT2D eigenvalue weighted by molar-refractivity contribution is 0.0952. The highest BCUT2D eigenvalue weighted by molar-refractivity contribution is 6.32. The molecule has 0 aromatic heterocycles. The number of aromatic hydroxyl groups is 2. The number of benzene rings is 3. The molecule has 3 aromatic rings. The SMILES string of the molecule is O=C(N/N=C/c1ccc(O)c(Cl)c1)c1cc2ccccc2cc1O. The van der Waals surface area contributed by atoms with Gasteiger partial charge in [-0.2, -0.15) is 5.10 Å². The summed E-state index contributed by atoms with van der Waals surface area (Å²) in [4.78, 5) is 12.2. The van der Waals surface area contributed by atoms with Crippen LogP contribution >= 0.6 is 11.6 Å². The minimum atomic E-state index is -0.528. The van der Waals surface area contributed by atoms with Crippen molar-refractivity contribution in [3.63, 3.8) is 0 Å². The minimum absolute atomic E-state index is 0.0288. The highest BCUT2D eigenvalue weighted by atomic mass is 35.5. The van der Waals surface area contributed by atoms with Crippen LogP contribution in [0.1, 0.15) is 15.9 Å². The molecule has 0 aliphatic carbocycles. The largest absolute Gasteiger partial charge is 0.507 e. The summed E-state index contributed by atoms with van der Waals surface area (Å²) in [6.07, 6.45) is 1.39. The normalized spacial score (nSPS) is 11.0. The van der Waals surface area contributed by atoms with E-state index >= 15 is 0 Å². The van der Waals surface area contributed by atoms with Crippen molar-refractivity contribution < 1.29 is 15.0 Å². The van der Waals surface area contributed by atoms with E-state index in [0.29, 0.717) is 5.56 Å². The fourth-order valence-corrected chi connectivity index (χ4v) is 2.43. The van der Waals surface area contributed by atoms with Gasteiger partial charge in [-0.3, -0.25) is 4.79 Å². The molecule has 0 aliphatic heterocycles. The van der Waals surface area contributed by atoms with E-state index in [1.165, 1.54) is 24.4 Å². The van der Waals surface area contributed by atoms with Crippen molar-refractivity contribution in [2.75, 3.05) is 0 Å². The number of hydrogen-bond acceptors (Lipinski definition) is 4. The molecule has 120 valence electrons.